The first kappa shape index (κ1) is 27.8. The molecule has 0 aliphatic heterocycles. The summed E-state index contributed by atoms with van der Waals surface area (Å²) in [6.07, 6.45) is 1.08. The highest BCUT2D eigenvalue weighted by molar-refractivity contribution is 5.94. The SMILES string of the molecule is CCC(C)C(NC(=O)C(NC(=O)C(CO)NC(=O)C(N)C(C)C)C(C)CC)C(=O)O. The molecule has 6 unspecified atom stereocenters. The molecule has 174 valence electrons. The van der Waals surface area contributed by atoms with Gasteiger partial charge >= 0.3 is 5.97 Å². The molecule has 0 radical (unpaired) electrons. The number of carboxylic acid groups (broad SMARTS) is 1. The molecular weight excluding hydrogens is 392 g/mol. The van der Waals surface area contributed by atoms with Gasteiger partial charge in [0.15, 0.2) is 0 Å². The van der Waals surface area contributed by atoms with E-state index in [1.54, 1.807) is 27.7 Å². The minimum Gasteiger partial charge on any atom is -0.480 e. The van der Waals surface area contributed by atoms with E-state index in [0.29, 0.717) is 12.8 Å². The highest BCUT2D eigenvalue weighted by Crippen LogP contribution is 2.12. The molecule has 3 amide bonds. The zero-order chi connectivity index (χ0) is 23.6. The molecule has 10 nitrogen and oxygen atoms in total. The molecule has 0 fully saturated rings. The van der Waals surface area contributed by atoms with Crippen molar-refractivity contribution in [1.29, 1.82) is 0 Å². The van der Waals surface area contributed by atoms with Gasteiger partial charge in [0.25, 0.3) is 0 Å². The molecule has 7 N–H and O–H groups in total. The number of nitrogens with two attached hydrogens (primary N) is 1. The number of aliphatic hydroxyl groups excluding tert-OH is 1. The van der Waals surface area contributed by atoms with Crippen molar-refractivity contribution in [3.05, 3.63) is 0 Å². The molecule has 0 heterocycles. The van der Waals surface area contributed by atoms with Crippen molar-refractivity contribution >= 4 is 23.7 Å². The van der Waals surface area contributed by atoms with Crippen LogP contribution in [0.4, 0.5) is 0 Å². The molecule has 0 aliphatic carbocycles. The van der Waals surface area contributed by atoms with Gasteiger partial charge in [0, 0.05) is 0 Å². The summed E-state index contributed by atoms with van der Waals surface area (Å²) in [7, 11) is 0. The van der Waals surface area contributed by atoms with Crippen LogP contribution in [0, 0.1) is 17.8 Å². The van der Waals surface area contributed by atoms with Crippen molar-refractivity contribution in [2.24, 2.45) is 23.5 Å². The number of hydrogen-bond donors (Lipinski definition) is 6. The van der Waals surface area contributed by atoms with E-state index in [-0.39, 0.29) is 17.8 Å². The Balaban J connectivity index is 5.39. The number of aliphatic carboxylic acids is 1. The first-order valence-electron chi connectivity index (χ1n) is 10.4. The van der Waals surface area contributed by atoms with E-state index < -0.39 is 54.5 Å². The third-order valence-electron chi connectivity index (χ3n) is 5.41. The highest BCUT2D eigenvalue weighted by Gasteiger charge is 2.34. The van der Waals surface area contributed by atoms with E-state index in [0.717, 1.165) is 0 Å². The fraction of sp³-hybridized carbons (Fsp3) is 0.800. The van der Waals surface area contributed by atoms with Gasteiger partial charge in [-0.1, -0.05) is 54.4 Å². The molecule has 6 atom stereocenters. The number of aliphatic hydroxyl groups is 1. The van der Waals surface area contributed by atoms with E-state index in [1.807, 2.05) is 13.8 Å². The molecule has 0 aromatic heterocycles. The van der Waals surface area contributed by atoms with Gasteiger partial charge in [-0.15, -0.1) is 0 Å². The number of nitrogens with one attached hydrogen (secondary N) is 3. The van der Waals surface area contributed by atoms with E-state index >= 15 is 0 Å². The third-order valence-corrected chi connectivity index (χ3v) is 5.41. The highest BCUT2D eigenvalue weighted by atomic mass is 16.4. The first-order chi connectivity index (χ1) is 13.9. The second-order valence-electron chi connectivity index (χ2n) is 8.10. The Morgan fingerprint density at radius 1 is 0.800 bits per heavy atom. The second kappa shape index (κ2) is 13.2. The lowest BCUT2D eigenvalue weighted by molar-refractivity contribution is -0.144. The van der Waals surface area contributed by atoms with Crippen molar-refractivity contribution in [3.8, 4) is 0 Å². The zero-order valence-electron chi connectivity index (χ0n) is 18.8. The Morgan fingerprint density at radius 3 is 1.67 bits per heavy atom. The maximum atomic E-state index is 12.8. The number of rotatable bonds is 13. The Kier molecular flexibility index (Phi) is 12.2. The third kappa shape index (κ3) is 8.27. The predicted molar refractivity (Wildman–Crippen MR) is 112 cm³/mol. The van der Waals surface area contributed by atoms with Gasteiger partial charge in [-0.25, -0.2) is 4.79 Å². The Hall–Kier alpha value is -2.20. The number of carbonyl (C=O) groups is 4. The van der Waals surface area contributed by atoms with Crippen LogP contribution < -0.4 is 21.7 Å². The lowest BCUT2D eigenvalue weighted by atomic mass is 9.95. The number of hydrogen-bond acceptors (Lipinski definition) is 6. The molecule has 0 saturated carbocycles. The Labute approximate surface area is 178 Å². The second-order valence-corrected chi connectivity index (χ2v) is 8.10. The van der Waals surface area contributed by atoms with Gasteiger partial charge in [0.1, 0.15) is 18.1 Å². The largest absolute Gasteiger partial charge is 0.480 e. The van der Waals surface area contributed by atoms with Gasteiger partial charge in [-0.3, -0.25) is 14.4 Å². The first-order valence-corrected chi connectivity index (χ1v) is 10.4. The van der Waals surface area contributed by atoms with Crippen molar-refractivity contribution in [2.45, 2.75) is 78.6 Å². The van der Waals surface area contributed by atoms with Crippen molar-refractivity contribution in [1.82, 2.24) is 16.0 Å². The molecule has 0 aromatic rings. The minimum atomic E-state index is -1.29. The van der Waals surface area contributed by atoms with Gasteiger partial charge in [-0.05, 0) is 17.8 Å². The predicted octanol–water partition coefficient (Wildman–Crippen LogP) is -0.407. The Bertz CT molecular complexity index is 598. The van der Waals surface area contributed by atoms with Crippen LogP contribution in [0.15, 0.2) is 0 Å². The smallest absolute Gasteiger partial charge is 0.326 e. The summed E-state index contributed by atoms with van der Waals surface area (Å²) < 4.78 is 0. The average molecular weight is 431 g/mol. The summed E-state index contributed by atoms with van der Waals surface area (Å²) >= 11 is 0. The van der Waals surface area contributed by atoms with E-state index in [9.17, 15) is 29.4 Å². The number of carboxylic acids is 1. The van der Waals surface area contributed by atoms with Gasteiger partial charge in [-0.2, -0.15) is 0 Å². The normalized spacial score (nSPS) is 17.2. The quantitative estimate of drug-likeness (QED) is 0.231. The van der Waals surface area contributed by atoms with Gasteiger partial charge in [0.05, 0.1) is 12.6 Å². The zero-order valence-corrected chi connectivity index (χ0v) is 18.8. The van der Waals surface area contributed by atoms with Crippen molar-refractivity contribution in [3.63, 3.8) is 0 Å². The molecule has 0 aliphatic rings. The summed E-state index contributed by atoms with van der Waals surface area (Å²) in [5.74, 6) is -3.92. The Morgan fingerprint density at radius 2 is 1.27 bits per heavy atom. The lowest BCUT2D eigenvalue weighted by Gasteiger charge is -2.29. The van der Waals surface area contributed by atoms with E-state index in [2.05, 4.69) is 16.0 Å². The summed E-state index contributed by atoms with van der Waals surface area (Å²) in [5.41, 5.74) is 5.76. The summed E-state index contributed by atoms with van der Waals surface area (Å²) in [5, 5.41) is 26.4. The minimum absolute atomic E-state index is 0.167. The lowest BCUT2D eigenvalue weighted by Crippen LogP contribution is -2.60. The van der Waals surface area contributed by atoms with Crippen LogP contribution in [0.1, 0.15) is 54.4 Å². The van der Waals surface area contributed by atoms with E-state index in [4.69, 9.17) is 5.73 Å². The number of carbonyl (C=O) groups excluding carboxylic acids is 3. The molecule has 0 aromatic carbocycles. The maximum Gasteiger partial charge on any atom is 0.326 e. The van der Waals surface area contributed by atoms with Crippen LogP contribution >= 0.6 is 0 Å². The van der Waals surface area contributed by atoms with Crippen LogP contribution in [-0.2, 0) is 19.2 Å². The molecule has 10 heteroatoms. The molecular formula is C20H38N4O6. The maximum absolute atomic E-state index is 12.8. The monoisotopic (exact) mass is 430 g/mol. The molecule has 0 saturated heterocycles. The van der Waals surface area contributed by atoms with Crippen LogP contribution in [0.5, 0.6) is 0 Å². The fourth-order valence-electron chi connectivity index (χ4n) is 2.65. The van der Waals surface area contributed by atoms with Gasteiger partial charge in [0.2, 0.25) is 17.7 Å². The molecule has 30 heavy (non-hydrogen) atoms. The standard InChI is InChI=1S/C20H38N4O6/c1-7-11(5)15(19(28)24-16(20(29)30)12(6)8-2)23-17(26)13(9-25)22-18(27)14(21)10(3)4/h10-16,25H,7-9,21H2,1-6H3,(H,22,27)(H,23,26)(H,24,28)(H,29,30). The van der Waals surface area contributed by atoms with Gasteiger partial charge < -0.3 is 31.9 Å². The van der Waals surface area contributed by atoms with Crippen molar-refractivity contribution < 1.29 is 29.4 Å². The molecule has 0 bridgehead atoms. The van der Waals surface area contributed by atoms with Crippen LogP contribution in [0.2, 0.25) is 0 Å². The van der Waals surface area contributed by atoms with E-state index in [1.165, 1.54) is 0 Å². The van der Waals surface area contributed by atoms with Crippen LogP contribution in [-0.4, -0.2) is 64.7 Å². The van der Waals surface area contributed by atoms with Crippen LogP contribution in [0.3, 0.4) is 0 Å². The summed E-state index contributed by atoms with van der Waals surface area (Å²) in [6, 6.07) is -4.26. The molecule has 0 rings (SSSR count). The fourth-order valence-corrected chi connectivity index (χ4v) is 2.65. The van der Waals surface area contributed by atoms with Crippen molar-refractivity contribution in [2.75, 3.05) is 6.61 Å². The summed E-state index contributed by atoms with van der Waals surface area (Å²) in [6.45, 7) is 9.91. The topological polar surface area (TPSA) is 171 Å². The summed E-state index contributed by atoms with van der Waals surface area (Å²) in [4.78, 5) is 49.1. The van der Waals surface area contributed by atoms with Crippen LogP contribution in [0.25, 0.3) is 0 Å². The molecule has 0 spiro atoms. The number of amides is 3. The average Bonchev–Trinajstić information content (AvgIpc) is 2.71.